The fourth-order valence-corrected chi connectivity index (χ4v) is 5.64. The number of hydrogen-bond acceptors (Lipinski definition) is 0. The molecule has 3 fully saturated rings. The van der Waals surface area contributed by atoms with Crippen molar-refractivity contribution in [1.29, 1.82) is 0 Å². The molecule has 3 saturated carbocycles. The molecule has 0 radical (unpaired) electrons. The van der Waals surface area contributed by atoms with Gasteiger partial charge >= 0.3 is 0 Å². The zero-order valence-corrected chi connectivity index (χ0v) is 12.4. The third-order valence-corrected chi connectivity index (χ3v) is 6.51. The van der Waals surface area contributed by atoms with Gasteiger partial charge < -0.3 is 0 Å². The van der Waals surface area contributed by atoms with Crippen LogP contribution in [0.5, 0.6) is 0 Å². The highest BCUT2D eigenvalue weighted by Gasteiger charge is 2.66. The van der Waals surface area contributed by atoms with Gasteiger partial charge in [-0.15, -0.1) is 11.6 Å². The zero-order valence-electron chi connectivity index (χ0n) is 11.7. The minimum absolute atomic E-state index is 0.272. The molecule has 5 unspecified atom stereocenters. The molecule has 0 aliphatic heterocycles. The predicted molar refractivity (Wildman–Crippen MR) is 80.3 cm³/mol. The number of aryl methyl sites for hydroxylation is 1. The van der Waals surface area contributed by atoms with E-state index in [0.29, 0.717) is 0 Å². The van der Waals surface area contributed by atoms with E-state index in [2.05, 4.69) is 31.2 Å². The van der Waals surface area contributed by atoms with Gasteiger partial charge in [0.15, 0.2) is 0 Å². The minimum atomic E-state index is 0.272. The lowest BCUT2D eigenvalue weighted by molar-refractivity contribution is 0.455. The molecule has 102 valence electrons. The van der Waals surface area contributed by atoms with E-state index >= 15 is 0 Å². The first kappa shape index (κ1) is 12.3. The average Bonchev–Trinajstić information content (AvgIpc) is 2.87. The third-order valence-electron chi connectivity index (χ3n) is 5.97. The lowest BCUT2D eigenvalue weighted by Crippen LogP contribution is -2.04. The Morgan fingerprint density at radius 2 is 1.74 bits per heavy atom. The van der Waals surface area contributed by atoms with Crippen molar-refractivity contribution >= 4 is 11.6 Å². The molecule has 4 rings (SSSR count). The van der Waals surface area contributed by atoms with Crippen molar-refractivity contribution in [3.63, 3.8) is 0 Å². The highest BCUT2D eigenvalue weighted by atomic mass is 35.5. The summed E-state index contributed by atoms with van der Waals surface area (Å²) >= 11 is 6.79. The van der Waals surface area contributed by atoms with Crippen molar-refractivity contribution in [1.82, 2.24) is 0 Å². The highest BCUT2D eigenvalue weighted by Crippen LogP contribution is 2.73. The molecule has 5 atom stereocenters. The Morgan fingerprint density at radius 3 is 2.32 bits per heavy atom. The van der Waals surface area contributed by atoms with E-state index < -0.39 is 0 Å². The van der Waals surface area contributed by atoms with Gasteiger partial charge in [0, 0.05) is 0 Å². The van der Waals surface area contributed by atoms with Gasteiger partial charge in [-0.2, -0.15) is 0 Å². The van der Waals surface area contributed by atoms with Crippen LogP contribution in [0.4, 0.5) is 0 Å². The summed E-state index contributed by atoms with van der Waals surface area (Å²) in [5.41, 5.74) is 2.81. The van der Waals surface area contributed by atoms with Gasteiger partial charge in [0.1, 0.15) is 0 Å². The summed E-state index contributed by atoms with van der Waals surface area (Å²) in [7, 11) is 0. The number of halogens is 1. The van der Waals surface area contributed by atoms with E-state index in [1.165, 1.54) is 43.2 Å². The average molecular weight is 275 g/mol. The predicted octanol–water partition coefficient (Wildman–Crippen LogP) is 5.21. The second kappa shape index (κ2) is 4.52. The first-order valence-electron chi connectivity index (χ1n) is 8.02. The summed E-state index contributed by atoms with van der Waals surface area (Å²) in [4.78, 5) is 0. The van der Waals surface area contributed by atoms with E-state index in [4.69, 9.17) is 11.6 Å². The zero-order chi connectivity index (χ0) is 13.0. The normalized spacial score (nSPS) is 40.2. The van der Waals surface area contributed by atoms with Crippen LogP contribution in [-0.4, -0.2) is 0 Å². The molecule has 2 bridgehead atoms. The van der Waals surface area contributed by atoms with Gasteiger partial charge in [-0.3, -0.25) is 0 Å². The summed E-state index contributed by atoms with van der Waals surface area (Å²) in [5.74, 6) is 4.82. The van der Waals surface area contributed by atoms with Crippen molar-refractivity contribution in [2.24, 2.45) is 29.6 Å². The Labute approximate surface area is 121 Å². The topological polar surface area (TPSA) is 0 Å². The van der Waals surface area contributed by atoms with Crippen LogP contribution in [0.2, 0.25) is 0 Å². The van der Waals surface area contributed by atoms with Crippen molar-refractivity contribution in [2.75, 3.05) is 0 Å². The first-order chi connectivity index (χ1) is 9.29. The van der Waals surface area contributed by atoms with Crippen LogP contribution in [0.15, 0.2) is 24.3 Å². The summed E-state index contributed by atoms with van der Waals surface area (Å²) in [6, 6.07) is 9.11. The summed E-state index contributed by atoms with van der Waals surface area (Å²) in [5, 5.41) is 0.272. The van der Waals surface area contributed by atoms with Crippen molar-refractivity contribution in [3.05, 3.63) is 35.4 Å². The number of alkyl halides is 1. The monoisotopic (exact) mass is 274 g/mol. The van der Waals surface area contributed by atoms with Gasteiger partial charge in [0.25, 0.3) is 0 Å². The number of rotatable bonds is 4. The van der Waals surface area contributed by atoms with Crippen LogP contribution in [0.1, 0.15) is 49.1 Å². The lowest BCUT2D eigenvalue weighted by atomic mass is 9.96. The number of fused-ring (bicyclic) bond motifs is 5. The van der Waals surface area contributed by atoms with E-state index in [9.17, 15) is 0 Å². The smallest absolute Gasteiger partial charge is 0.0619 e. The second-order valence-corrected chi connectivity index (χ2v) is 7.43. The molecule has 0 heterocycles. The van der Waals surface area contributed by atoms with Crippen molar-refractivity contribution < 1.29 is 0 Å². The molecule has 0 N–H and O–H groups in total. The van der Waals surface area contributed by atoms with Crippen LogP contribution in [0.25, 0.3) is 0 Å². The number of hydrogen-bond donors (Lipinski definition) is 0. The molecular weight excluding hydrogens is 252 g/mol. The van der Waals surface area contributed by atoms with Gasteiger partial charge in [-0.05, 0) is 66.4 Å². The highest BCUT2D eigenvalue weighted by molar-refractivity contribution is 6.21. The molecule has 1 aromatic carbocycles. The molecule has 0 amide bonds. The number of benzene rings is 1. The maximum absolute atomic E-state index is 6.79. The van der Waals surface area contributed by atoms with Crippen molar-refractivity contribution in [3.8, 4) is 0 Å². The third kappa shape index (κ3) is 1.87. The first-order valence-corrected chi connectivity index (χ1v) is 8.46. The second-order valence-electron chi connectivity index (χ2n) is 6.96. The molecule has 3 aliphatic carbocycles. The molecule has 0 nitrogen and oxygen atoms in total. The Bertz CT molecular complexity index is 447. The SMILES string of the molecule is CCCc1ccc(C(Cl)C2C3C4CCC(C4)C32)cc1. The maximum Gasteiger partial charge on any atom is 0.0619 e. The molecular formula is C18H23Cl. The molecule has 0 spiro atoms. The van der Waals surface area contributed by atoms with Crippen LogP contribution in [-0.2, 0) is 6.42 Å². The van der Waals surface area contributed by atoms with Crippen LogP contribution in [0, 0.1) is 29.6 Å². The summed E-state index contributed by atoms with van der Waals surface area (Å²) in [6.07, 6.45) is 6.90. The fourth-order valence-electron chi connectivity index (χ4n) is 5.16. The standard InChI is InChI=1S/C18H23Cl/c1-2-3-11-4-6-12(7-5-11)18(19)17-15-13-8-9-14(10-13)16(15)17/h4-7,13-18H,2-3,8-10H2,1H3. The largest absolute Gasteiger partial charge is 0.117 e. The van der Waals surface area contributed by atoms with Gasteiger partial charge in [-0.25, -0.2) is 0 Å². The Morgan fingerprint density at radius 1 is 1.11 bits per heavy atom. The minimum Gasteiger partial charge on any atom is -0.117 e. The Hall–Kier alpha value is -0.490. The molecule has 0 aromatic heterocycles. The van der Waals surface area contributed by atoms with Gasteiger partial charge in [0.2, 0.25) is 0 Å². The summed E-state index contributed by atoms with van der Waals surface area (Å²) in [6.45, 7) is 2.24. The van der Waals surface area contributed by atoms with Crippen LogP contribution >= 0.6 is 11.6 Å². The molecule has 1 aromatic rings. The van der Waals surface area contributed by atoms with E-state index in [1.807, 2.05) is 0 Å². The fraction of sp³-hybridized carbons (Fsp3) is 0.667. The Balaban J connectivity index is 1.48. The van der Waals surface area contributed by atoms with Gasteiger partial charge in [-0.1, -0.05) is 37.6 Å². The maximum atomic E-state index is 6.79. The molecule has 1 heteroatoms. The van der Waals surface area contributed by atoms with Crippen LogP contribution < -0.4 is 0 Å². The molecule has 3 aliphatic rings. The van der Waals surface area contributed by atoms with E-state index in [0.717, 1.165) is 29.6 Å². The molecule has 0 saturated heterocycles. The van der Waals surface area contributed by atoms with Crippen LogP contribution in [0.3, 0.4) is 0 Å². The van der Waals surface area contributed by atoms with E-state index in [-0.39, 0.29) is 5.38 Å². The lowest BCUT2D eigenvalue weighted by Gasteiger charge is -2.15. The quantitative estimate of drug-likeness (QED) is 0.661. The van der Waals surface area contributed by atoms with Gasteiger partial charge in [0.05, 0.1) is 5.38 Å². The summed E-state index contributed by atoms with van der Waals surface area (Å²) < 4.78 is 0. The van der Waals surface area contributed by atoms with Crippen molar-refractivity contribution in [2.45, 2.75) is 44.4 Å². The Kier molecular flexibility index (Phi) is 2.92. The molecule has 19 heavy (non-hydrogen) atoms. The van der Waals surface area contributed by atoms with E-state index in [1.54, 1.807) is 0 Å².